The van der Waals surface area contributed by atoms with Crippen LogP contribution in [0.1, 0.15) is 12.8 Å². The van der Waals surface area contributed by atoms with E-state index in [1.165, 1.54) is 11.8 Å². The minimum Gasteiger partial charge on any atom is -0.382 e. The zero-order valence-corrected chi connectivity index (χ0v) is 19.0. The molecule has 5 heterocycles. The highest BCUT2D eigenvalue weighted by Crippen LogP contribution is 2.44. The van der Waals surface area contributed by atoms with E-state index in [2.05, 4.69) is 26.4 Å². The van der Waals surface area contributed by atoms with E-state index in [1.54, 1.807) is 12.5 Å². The van der Waals surface area contributed by atoms with Crippen molar-refractivity contribution >= 4 is 45.9 Å². The Balaban J connectivity index is 1.42. The van der Waals surface area contributed by atoms with Crippen LogP contribution in [0.5, 0.6) is 0 Å². The number of halogens is 1. The van der Waals surface area contributed by atoms with Crippen LogP contribution >= 0.6 is 23.4 Å². The Morgan fingerprint density at radius 3 is 2.78 bits per heavy atom. The van der Waals surface area contributed by atoms with E-state index < -0.39 is 0 Å². The number of rotatable bonds is 4. The highest BCUT2D eigenvalue weighted by molar-refractivity contribution is 7.99. The molecule has 0 saturated carbocycles. The second-order valence-corrected chi connectivity index (χ2v) is 9.69. The molecular weight excluding hydrogens is 446 g/mol. The lowest BCUT2D eigenvalue weighted by atomic mass is 9.73. The van der Waals surface area contributed by atoms with E-state index in [0.29, 0.717) is 17.4 Å². The summed E-state index contributed by atoms with van der Waals surface area (Å²) in [5.41, 5.74) is 13.2. The summed E-state index contributed by atoms with van der Waals surface area (Å²) < 4.78 is 5.89. The molecule has 0 aromatic carbocycles. The first-order valence-electron chi connectivity index (χ1n) is 10.4. The van der Waals surface area contributed by atoms with Crippen molar-refractivity contribution < 1.29 is 4.74 Å². The predicted molar refractivity (Wildman–Crippen MR) is 127 cm³/mol. The molecule has 4 N–H and O–H groups in total. The summed E-state index contributed by atoms with van der Waals surface area (Å²) in [7, 11) is 0. The molecule has 8 nitrogen and oxygen atoms in total. The van der Waals surface area contributed by atoms with Gasteiger partial charge in [0.25, 0.3) is 0 Å². The molecule has 0 radical (unpaired) electrons. The molecule has 2 fully saturated rings. The Bertz CT molecular complexity index is 1170. The lowest BCUT2D eigenvalue weighted by Gasteiger charge is -2.41. The van der Waals surface area contributed by atoms with Crippen LogP contribution in [0, 0.1) is 5.41 Å². The summed E-state index contributed by atoms with van der Waals surface area (Å²) in [6.45, 7) is 6.23. The lowest BCUT2D eigenvalue weighted by molar-refractivity contribution is 0.110. The van der Waals surface area contributed by atoms with E-state index in [9.17, 15) is 0 Å². The molecule has 0 unspecified atom stereocenters. The lowest BCUT2D eigenvalue weighted by Crippen LogP contribution is -2.51. The number of nitrogen functional groups attached to an aromatic ring is 1. The number of nitrogens with two attached hydrogens (primary N) is 2. The second-order valence-electron chi connectivity index (χ2n) is 8.23. The number of fused-ring (bicyclic) bond motifs is 1. The third-order valence-corrected chi connectivity index (χ3v) is 8.09. The molecule has 166 valence electrons. The van der Waals surface area contributed by atoms with Gasteiger partial charge in [0.05, 0.1) is 33.5 Å². The van der Waals surface area contributed by atoms with Gasteiger partial charge in [-0.05, 0) is 18.9 Å². The molecule has 2 atom stereocenters. The van der Waals surface area contributed by atoms with Gasteiger partial charge in [-0.1, -0.05) is 29.4 Å². The summed E-state index contributed by atoms with van der Waals surface area (Å²) in [5.74, 6) is 1.18. The Kier molecular flexibility index (Phi) is 5.66. The smallest absolute Gasteiger partial charge is 0.143 e. The molecule has 0 amide bonds. The number of aromatic nitrogens is 4. The van der Waals surface area contributed by atoms with Crippen LogP contribution in [0.3, 0.4) is 0 Å². The molecule has 10 heteroatoms. The van der Waals surface area contributed by atoms with Gasteiger partial charge in [0, 0.05) is 48.0 Å². The highest BCUT2D eigenvalue weighted by Gasteiger charge is 2.48. The van der Waals surface area contributed by atoms with E-state index in [0.717, 1.165) is 52.4 Å². The molecule has 1 spiro atoms. The summed E-state index contributed by atoms with van der Waals surface area (Å²) in [4.78, 5) is 21.6. The maximum Gasteiger partial charge on any atom is 0.143 e. The predicted octanol–water partition coefficient (Wildman–Crippen LogP) is 3.31. The second kappa shape index (κ2) is 8.47. The molecule has 0 aliphatic carbocycles. The summed E-state index contributed by atoms with van der Waals surface area (Å²) in [6, 6.07) is 1.81. The molecule has 32 heavy (non-hydrogen) atoms. The van der Waals surface area contributed by atoms with Crippen molar-refractivity contribution in [3.63, 3.8) is 0 Å². The number of hydrogen-bond acceptors (Lipinski definition) is 9. The average molecular weight is 470 g/mol. The van der Waals surface area contributed by atoms with Crippen molar-refractivity contribution in [2.75, 3.05) is 30.3 Å². The fraction of sp³-hybridized carbons (Fsp3) is 0.364. The van der Waals surface area contributed by atoms with Gasteiger partial charge in [-0.15, -0.1) is 6.58 Å². The van der Waals surface area contributed by atoms with E-state index in [-0.39, 0.29) is 17.6 Å². The third kappa shape index (κ3) is 3.59. The van der Waals surface area contributed by atoms with Crippen LogP contribution in [-0.2, 0) is 4.74 Å². The van der Waals surface area contributed by atoms with E-state index in [1.807, 2.05) is 24.5 Å². The van der Waals surface area contributed by atoms with Crippen LogP contribution in [0.2, 0.25) is 5.02 Å². The van der Waals surface area contributed by atoms with Crippen molar-refractivity contribution in [1.82, 2.24) is 19.9 Å². The standard InChI is InChI=1S/C22H24ClN7OS/c1-2-14-19(24)22(11-31-14)4-7-30(8-5-22)21-13-9-26-12-29-18(13)16(10-28-21)32-15-3-6-27-20(25)17(15)23/h2-3,6,9-10,12,14,19H,1,4-5,7-8,11,24H2,(H2,25,27)/t14-,19+/m0/s1. The maximum absolute atomic E-state index is 6.51. The normalized spacial score (nSPS) is 22.5. The molecule has 3 aromatic rings. The number of nitrogens with zero attached hydrogens (tertiary/aromatic N) is 5. The maximum atomic E-state index is 6.51. The first kappa shape index (κ1) is 21.4. The molecule has 5 rings (SSSR count). The topological polar surface area (TPSA) is 116 Å². The van der Waals surface area contributed by atoms with Crippen LogP contribution < -0.4 is 16.4 Å². The number of ether oxygens (including phenoxy) is 1. The van der Waals surface area contributed by atoms with Crippen molar-refractivity contribution in [3.8, 4) is 0 Å². The number of piperidine rings is 1. The fourth-order valence-corrected chi connectivity index (χ4v) is 5.72. The van der Waals surface area contributed by atoms with E-state index >= 15 is 0 Å². The highest BCUT2D eigenvalue weighted by atomic mass is 35.5. The van der Waals surface area contributed by atoms with Crippen molar-refractivity contribution in [1.29, 1.82) is 0 Å². The van der Waals surface area contributed by atoms with E-state index in [4.69, 9.17) is 32.8 Å². The summed E-state index contributed by atoms with van der Waals surface area (Å²) in [6.07, 6.45) is 10.5. The van der Waals surface area contributed by atoms with Crippen molar-refractivity contribution in [3.05, 3.63) is 48.7 Å². The van der Waals surface area contributed by atoms with Gasteiger partial charge in [-0.25, -0.2) is 19.9 Å². The van der Waals surface area contributed by atoms with Gasteiger partial charge in [0.15, 0.2) is 0 Å². The zero-order valence-electron chi connectivity index (χ0n) is 17.4. The first-order chi connectivity index (χ1) is 15.5. The van der Waals surface area contributed by atoms with Crippen LogP contribution in [0.15, 0.2) is 53.4 Å². The molecule has 3 aromatic heterocycles. The minimum absolute atomic E-state index is 0.00449. The van der Waals surface area contributed by atoms with Gasteiger partial charge >= 0.3 is 0 Å². The zero-order chi connectivity index (χ0) is 22.3. The Labute approximate surface area is 195 Å². The van der Waals surface area contributed by atoms with Gasteiger partial charge in [0.1, 0.15) is 18.0 Å². The summed E-state index contributed by atoms with van der Waals surface area (Å²) >= 11 is 7.81. The number of pyridine rings is 2. The number of hydrogen-bond donors (Lipinski definition) is 2. The average Bonchev–Trinajstić information content (AvgIpc) is 3.12. The van der Waals surface area contributed by atoms with Crippen LogP contribution in [0.25, 0.3) is 10.9 Å². The van der Waals surface area contributed by atoms with Crippen molar-refractivity contribution in [2.24, 2.45) is 11.1 Å². The molecule has 0 bridgehead atoms. The number of anilines is 2. The molecule has 2 aliphatic heterocycles. The Morgan fingerprint density at radius 2 is 2.03 bits per heavy atom. The first-order valence-corrected chi connectivity index (χ1v) is 11.6. The van der Waals surface area contributed by atoms with Crippen LogP contribution in [0.4, 0.5) is 11.6 Å². The monoisotopic (exact) mass is 469 g/mol. The van der Waals surface area contributed by atoms with Gasteiger partial charge in [-0.2, -0.15) is 0 Å². The van der Waals surface area contributed by atoms with Gasteiger partial charge < -0.3 is 21.1 Å². The molecule has 2 saturated heterocycles. The fourth-order valence-electron chi connectivity index (χ4n) is 4.57. The largest absolute Gasteiger partial charge is 0.382 e. The van der Waals surface area contributed by atoms with Gasteiger partial charge in [-0.3, -0.25) is 0 Å². The quantitative estimate of drug-likeness (QED) is 0.555. The SMILES string of the molecule is C=C[C@@H]1OCC2(CCN(c3ncc(Sc4ccnc(N)c4Cl)c4ncncc34)CC2)[C@@H]1N. The summed E-state index contributed by atoms with van der Waals surface area (Å²) in [5, 5.41) is 1.33. The Morgan fingerprint density at radius 1 is 1.22 bits per heavy atom. The Hall–Kier alpha value is -2.46. The third-order valence-electron chi connectivity index (χ3n) is 6.51. The molecule has 2 aliphatic rings. The van der Waals surface area contributed by atoms with Crippen molar-refractivity contribution in [2.45, 2.75) is 34.8 Å². The van der Waals surface area contributed by atoms with Gasteiger partial charge in [0.2, 0.25) is 0 Å². The van der Waals surface area contributed by atoms with Crippen LogP contribution in [-0.4, -0.2) is 51.8 Å². The molecular formula is C22H24ClN7OS. The minimum atomic E-state index is -0.0701.